The molecule has 0 unspecified atom stereocenters. The molecule has 0 saturated carbocycles. The van der Waals surface area contributed by atoms with E-state index in [1.165, 1.54) is 0 Å². The minimum Gasteiger partial charge on any atom is -0.497 e. The molecule has 0 aliphatic carbocycles. The lowest BCUT2D eigenvalue weighted by Crippen LogP contribution is -2.51. The molecule has 1 amide bonds. The molecule has 0 spiro atoms. The number of carbonyl (C=O) groups excluding carboxylic acids is 1. The smallest absolute Gasteiger partial charge is 0.262 e. The Morgan fingerprint density at radius 1 is 1.18 bits per heavy atom. The maximum Gasteiger partial charge on any atom is 0.262 e. The summed E-state index contributed by atoms with van der Waals surface area (Å²) < 4.78 is 7.43. The van der Waals surface area contributed by atoms with Gasteiger partial charge in [0, 0.05) is 11.4 Å². The molecular weight excluding hydrogens is 372 g/mol. The van der Waals surface area contributed by atoms with E-state index < -0.39 is 6.04 Å². The monoisotopic (exact) mass is 404 g/mol. The summed E-state index contributed by atoms with van der Waals surface area (Å²) in [6.45, 7) is 11.1. The number of nitrogens with zero attached hydrogens (tertiary/aromatic N) is 1. The van der Waals surface area contributed by atoms with Gasteiger partial charge in [-0.15, -0.1) is 0 Å². The number of carbonyl (C=O) groups is 1. The largest absolute Gasteiger partial charge is 0.497 e. The summed E-state index contributed by atoms with van der Waals surface area (Å²) in [4.78, 5) is 13.5. The van der Waals surface area contributed by atoms with Crippen LogP contribution in [0.2, 0.25) is 0 Å². The lowest BCUT2D eigenvalue weighted by atomic mass is 9.86. The van der Waals surface area contributed by atoms with Crippen LogP contribution in [0.5, 0.6) is 5.75 Å². The van der Waals surface area contributed by atoms with Crippen LogP contribution in [-0.2, 0) is 4.79 Å². The minimum absolute atomic E-state index is 0.336. The molecule has 0 radical (unpaired) electrons. The van der Waals surface area contributed by atoms with Crippen molar-refractivity contribution in [1.82, 2.24) is 9.79 Å². The van der Waals surface area contributed by atoms with Crippen molar-refractivity contribution in [2.75, 3.05) is 13.7 Å². The van der Waals surface area contributed by atoms with Gasteiger partial charge in [0.05, 0.1) is 7.11 Å². The van der Waals surface area contributed by atoms with Crippen LogP contribution in [0.15, 0.2) is 41.3 Å². The summed E-state index contributed by atoms with van der Waals surface area (Å²) in [7, 11) is 1.66. The van der Waals surface area contributed by atoms with Crippen LogP contribution in [0.25, 0.3) is 10.8 Å². The van der Waals surface area contributed by atoms with Gasteiger partial charge in [0.15, 0.2) is 0 Å². The maximum atomic E-state index is 12.5. The van der Waals surface area contributed by atoms with Gasteiger partial charge in [-0.1, -0.05) is 46.8 Å². The Balaban J connectivity index is 2.37. The quantitative estimate of drug-likeness (QED) is 0.363. The fourth-order valence-corrected chi connectivity index (χ4v) is 4.45. The second-order valence-electron chi connectivity index (χ2n) is 8.53. The first kappa shape index (κ1) is 22.5. The Morgan fingerprint density at radius 3 is 2.43 bits per heavy atom. The molecular formula is C22H32N2O3S. The first-order valence-electron chi connectivity index (χ1n) is 9.62. The van der Waals surface area contributed by atoms with Gasteiger partial charge in [0.1, 0.15) is 11.8 Å². The molecule has 6 heteroatoms. The van der Waals surface area contributed by atoms with E-state index in [2.05, 4.69) is 36.4 Å². The zero-order valence-corrected chi connectivity index (χ0v) is 18.5. The molecule has 0 aliphatic rings. The molecule has 0 fully saturated rings. The van der Waals surface area contributed by atoms with Gasteiger partial charge in [-0.05, 0) is 64.7 Å². The lowest BCUT2D eigenvalue weighted by molar-refractivity contribution is -0.136. The molecule has 2 N–H and O–H groups in total. The van der Waals surface area contributed by atoms with Gasteiger partial charge < -0.3 is 4.74 Å². The first-order chi connectivity index (χ1) is 13.2. The van der Waals surface area contributed by atoms with E-state index in [4.69, 9.17) is 4.74 Å². The molecule has 5 nitrogen and oxygen atoms in total. The Labute approximate surface area is 172 Å². The number of benzene rings is 2. The third kappa shape index (κ3) is 5.87. The maximum absolute atomic E-state index is 12.5. The minimum atomic E-state index is -0.470. The zero-order valence-electron chi connectivity index (χ0n) is 17.7. The van der Waals surface area contributed by atoms with Crippen molar-refractivity contribution in [2.24, 2.45) is 11.3 Å². The highest BCUT2D eigenvalue weighted by molar-refractivity contribution is 7.97. The number of hydrogen-bond donors (Lipinski definition) is 2. The van der Waals surface area contributed by atoms with Crippen molar-refractivity contribution in [3.63, 3.8) is 0 Å². The van der Waals surface area contributed by atoms with Crippen LogP contribution in [-0.4, -0.2) is 35.1 Å². The highest BCUT2D eigenvalue weighted by Gasteiger charge is 2.37. The Hall–Kier alpha value is -1.76. The molecule has 1 atom stereocenters. The van der Waals surface area contributed by atoms with Gasteiger partial charge in [-0.3, -0.25) is 10.0 Å². The number of hydrogen-bond acceptors (Lipinski definition) is 5. The number of fused-ring (bicyclic) bond motifs is 1. The SMILES string of the molecule is COc1ccc2ccc(SN(CCC(C)C)[C@@H](C(=O)NO)C(C)(C)C)cc2c1. The van der Waals surface area contributed by atoms with E-state index in [1.807, 2.05) is 44.5 Å². The first-order valence-corrected chi connectivity index (χ1v) is 10.4. The van der Waals surface area contributed by atoms with Crippen LogP contribution in [0, 0.1) is 11.3 Å². The number of rotatable bonds is 8. The summed E-state index contributed by atoms with van der Waals surface area (Å²) in [5, 5.41) is 11.5. The van der Waals surface area contributed by atoms with Crippen LogP contribution in [0.3, 0.4) is 0 Å². The van der Waals surface area contributed by atoms with Crippen LogP contribution >= 0.6 is 11.9 Å². The van der Waals surface area contributed by atoms with Gasteiger partial charge in [-0.2, -0.15) is 0 Å². The van der Waals surface area contributed by atoms with E-state index in [0.29, 0.717) is 5.92 Å². The summed E-state index contributed by atoms with van der Waals surface area (Å²) in [5.41, 5.74) is 1.52. The standard InChI is InChI=1S/C22H32N2O3S/c1-15(2)11-12-24(20(21(25)23-26)22(3,4)5)28-19-10-8-16-7-9-18(27-6)13-17(16)14-19/h7-10,13-15,20,26H,11-12H2,1-6H3,(H,23,25)/t20-/m0/s1. The molecule has 0 bridgehead atoms. The molecule has 0 saturated heterocycles. The highest BCUT2D eigenvalue weighted by Crippen LogP contribution is 2.35. The van der Waals surface area contributed by atoms with Crippen LogP contribution in [0.1, 0.15) is 41.0 Å². The van der Waals surface area contributed by atoms with Gasteiger partial charge in [0.25, 0.3) is 5.91 Å². The normalized spacial score (nSPS) is 13.2. The number of ether oxygens (including phenoxy) is 1. The third-order valence-corrected chi connectivity index (χ3v) is 5.73. The van der Waals surface area contributed by atoms with E-state index >= 15 is 0 Å². The number of nitrogens with one attached hydrogen (secondary N) is 1. The average Bonchev–Trinajstić information content (AvgIpc) is 2.64. The van der Waals surface area contributed by atoms with Gasteiger partial charge >= 0.3 is 0 Å². The molecule has 2 rings (SSSR count). The summed E-state index contributed by atoms with van der Waals surface area (Å²) >= 11 is 1.56. The average molecular weight is 405 g/mol. The second kappa shape index (κ2) is 9.63. The van der Waals surface area contributed by atoms with E-state index in [-0.39, 0.29) is 11.3 Å². The van der Waals surface area contributed by atoms with Crippen LogP contribution in [0.4, 0.5) is 0 Å². The van der Waals surface area contributed by atoms with E-state index in [9.17, 15) is 10.0 Å². The van der Waals surface area contributed by atoms with Crippen molar-refractivity contribution < 1.29 is 14.7 Å². The number of amides is 1. The fourth-order valence-electron chi connectivity index (χ4n) is 3.15. The van der Waals surface area contributed by atoms with Crippen molar-refractivity contribution in [3.05, 3.63) is 36.4 Å². The summed E-state index contributed by atoms with van der Waals surface area (Å²) in [5.74, 6) is 0.950. The Kier molecular flexibility index (Phi) is 7.75. The second-order valence-corrected chi connectivity index (χ2v) is 9.66. The predicted octanol–water partition coefficient (Wildman–Crippen LogP) is 5.12. The van der Waals surface area contributed by atoms with Crippen molar-refractivity contribution in [3.8, 4) is 5.75 Å². The molecule has 0 aromatic heterocycles. The van der Waals surface area contributed by atoms with Crippen molar-refractivity contribution in [2.45, 2.75) is 52.0 Å². The van der Waals surface area contributed by atoms with Gasteiger partial charge in [-0.25, -0.2) is 9.79 Å². The van der Waals surface area contributed by atoms with Crippen molar-refractivity contribution >= 4 is 28.6 Å². The predicted molar refractivity (Wildman–Crippen MR) is 116 cm³/mol. The topological polar surface area (TPSA) is 61.8 Å². The molecule has 154 valence electrons. The van der Waals surface area contributed by atoms with E-state index in [1.54, 1.807) is 19.1 Å². The number of hydroxylamine groups is 1. The Morgan fingerprint density at radius 2 is 1.86 bits per heavy atom. The zero-order chi connectivity index (χ0) is 20.9. The van der Waals surface area contributed by atoms with Gasteiger partial charge in [0.2, 0.25) is 0 Å². The molecule has 2 aromatic carbocycles. The molecule has 2 aromatic rings. The molecule has 28 heavy (non-hydrogen) atoms. The Bertz CT molecular complexity index is 802. The number of methoxy groups -OCH3 is 1. The fraction of sp³-hybridized carbons (Fsp3) is 0.500. The highest BCUT2D eigenvalue weighted by atomic mass is 32.2. The third-order valence-electron chi connectivity index (χ3n) is 4.64. The van der Waals surface area contributed by atoms with E-state index in [0.717, 1.165) is 34.4 Å². The van der Waals surface area contributed by atoms with Crippen molar-refractivity contribution in [1.29, 1.82) is 0 Å². The lowest BCUT2D eigenvalue weighted by Gasteiger charge is -2.37. The van der Waals surface area contributed by atoms with Crippen LogP contribution < -0.4 is 10.2 Å². The summed E-state index contributed by atoms with van der Waals surface area (Å²) in [6.07, 6.45) is 0.958. The summed E-state index contributed by atoms with van der Waals surface area (Å²) in [6, 6.07) is 11.8. The molecule has 0 aliphatic heterocycles. The molecule has 0 heterocycles.